The Morgan fingerprint density at radius 1 is 1.09 bits per heavy atom. The first-order valence-corrected chi connectivity index (χ1v) is 16.1. The van der Waals surface area contributed by atoms with E-state index < -0.39 is 17.7 Å². The lowest BCUT2D eigenvalue weighted by Crippen LogP contribution is -2.29. The number of anilines is 1. The molecule has 1 fully saturated rings. The molecule has 2 aliphatic rings. The smallest absolute Gasteiger partial charge is 0.301 e. The van der Waals surface area contributed by atoms with E-state index in [1.165, 1.54) is 28.0 Å². The quantitative estimate of drug-likeness (QED) is 0.0512. The van der Waals surface area contributed by atoms with E-state index in [1.807, 2.05) is 67.6 Å². The highest BCUT2D eigenvalue weighted by Crippen LogP contribution is 2.45. The number of fused-ring (bicyclic) bond motifs is 1. The van der Waals surface area contributed by atoms with Crippen LogP contribution in [-0.4, -0.2) is 39.7 Å². The van der Waals surface area contributed by atoms with Crippen LogP contribution in [0.15, 0.2) is 82.7 Å². The summed E-state index contributed by atoms with van der Waals surface area (Å²) in [5.74, 6) is 0.282. The van der Waals surface area contributed by atoms with Crippen LogP contribution in [0.2, 0.25) is 0 Å². The molecule has 2 aliphatic heterocycles. The zero-order chi connectivity index (χ0) is 29.9. The highest BCUT2D eigenvalue weighted by molar-refractivity contribution is 8.00. The summed E-state index contributed by atoms with van der Waals surface area (Å²) in [6, 6.07) is 21.7. The number of ketones is 1. The van der Waals surface area contributed by atoms with E-state index in [-0.39, 0.29) is 22.6 Å². The fourth-order valence-corrected chi connectivity index (χ4v) is 7.08. The first-order chi connectivity index (χ1) is 20.9. The van der Waals surface area contributed by atoms with Crippen LogP contribution in [0.25, 0.3) is 5.76 Å². The fraction of sp³-hybridized carbons (Fsp3) is 0.273. The van der Waals surface area contributed by atoms with Gasteiger partial charge < -0.3 is 14.6 Å². The van der Waals surface area contributed by atoms with E-state index >= 15 is 0 Å². The van der Waals surface area contributed by atoms with E-state index in [0.29, 0.717) is 40.0 Å². The Morgan fingerprint density at radius 3 is 2.74 bits per heavy atom. The van der Waals surface area contributed by atoms with E-state index in [0.717, 1.165) is 29.7 Å². The minimum absolute atomic E-state index is 0.00342. The van der Waals surface area contributed by atoms with Gasteiger partial charge in [-0.05, 0) is 60.4 Å². The Labute approximate surface area is 258 Å². The molecule has 10 heteroatoms. The second-order valence-electron chi connectivity index (χ2n) is 10.5. The highest BCUT2D eigenvalue weighted by atomic mass is 32.2. The average molecular weight is 614 g/mol. The number of nitrogens with zero attached hydrogens (tertiary/aromatic N) is 3. The third-order valence-electron chi connectivity index (χ3n) is 7.36. The number of carbonyl (C=O) groups is 2. The molecule has 3 heterocycles. The molecule has 0 bridgehead atoms. The fourth-order valence-electron chi connectivity index (χ4n) is 5.26. The predicted molar refractivity (Wildman–Crippen MR) is 168 cm³/mol. The molecular formula is C33H31N3O5S2. The second-order valence-corrected chi connectivity index (χ2v) is 12.7. The number of thioether (sulfide) groups is 1. The van der Waals surface area contributed by atoms with Crippen molar-refractivity contribution < 1.29 is 24.2 Å². The van der Waals surface area contributed by atoms with E-state index in [2.05, 4.69) is 17.1 Å². The molecule has 1 aromatic heterocycles. The topological polar surface area (TPSA) is 102 Å². The molecule has 220 valence electrons. The molecule has 8 nitrogen and oxygen atoms in total. The van der Waals surface area contributed by atoms with Crippen molar-refractivity contribution in [2.24, 2.45) is 0 Å². The Morgan fingerprint density at radius 2 is 1.93 bits per heavy atom. The van der Waals surface area contributed by atoms with E-state index in [4.69, 9.17) is 9.47 Å². The number of hydrogen-bond acceptors (Lipinski definition) is 9. The standard InChI is InChI=1S/C33H31N3O5S2/c1-3-4-15-40-25-12-8-11-22(18-25)28-27(29(37)23-13-14-26-24(17-23)16-20(2)41-26)30(38)31(39)36(28)32-34-35-33(43-32)42-19-21-9-6-5-7-10-21/h5-14,17-18,20,28,37H,3-4,15-16,19H2,1-2H3/t20-,28+/m0/s1. The van der Waals surface area contributed by atoms with Crippen molar-refractivity contribution in [3.63, 3.8) is 0 Å². The van der Waals surface area contributed by atoms with Crippen molar-refractivity contribution in [2.45, 2.75) is 55.3 Å². The molecule has 43 heavy (non-hydrogen) atoms. The molecule has 0 saturated carbocycles. The van der Waals surface area contributed by atoms with Gasteiger partial charge in [0.15, 0.2) is 4.34 Å². The van der Waals surface area contributed by atoms with Crippen LogP contribution in [0.4, 0.5) is 5.13 Å². The Hall–Kier alpha value is -4.15. The van der Waals surface area contributed by atoms with Crippen molar-refractivity contribution in [3.8, 4) is 11.5 Å². The number of carbonyl (C=O) groups excluding carboxylic acids is 2. The minimum Gasteiger partial charge on any atom is -0.507 e. The van der Waals surface area contributed by atoms with Crippen molar-refractivity contribution >= 4 is 45.7 Å². The number of hydrogen-bond donors (Lipinski definition) is 1. The van der Waals surface area contributed by atoms with Gasteiger partial charge in [-0.1, -0.05) is 78.9 Å². The summed E-state index contributed by atoms with van der Waals surface area (Å²) in [7, 11) is 0. The minimum atomic E-state index is -0.918. The molecule has 1 amide bonds. The Bertz CT molecular complexity index is 1690. The summed E-state index contributed by atoms with van der Waals surface area (Å²) < 4.78 is 12.4. The third kappa shape index (κ3) is 6.03. The van der Waals surface area contributed by atoms with Gasteiger partial charge in [-0.2, -0.15) is 0 Å². The highest BCUT2D eigenvalue weighted by Gasteiger charge is 2.48. The van der Waals surface area contributed by atoms with Gasteiger partial charge in [-0.3, -0.25) is 14.5 Å². The molecule has 0 radical (unpaired) electrons. The van der Waals surface area contributed by atoms with Gasteiger partial charge in [0, 0.05) is 17.7 Å². The van der Waals surface area contributed by atoms with Crippen molar-refractivity contribution in [1.29, 1.82) is 0 Å². The maximum absolute atomic E-state index is 13.7. The van der Waals surface area contributed by atoms with Crippen LogP contribution in [0.5, 0.6) is 11.5 Å². The number of unbranched alkanes of at least 4 members (excludes halogenated alkanes) is 1. The Balaban J connectivity index is 1.39. The Kier molecular flexibility index (Phi) is 8.49. The lowest BCUT2D eigenvalue weighted by atomic mass is 9.94. The predicted octanol–water partition coefficient (Wildman–Crippen LogP) is 6.96. The number of aliphatic hydroxyl groups excluding tert-OH is 1. The number of aliphatic hydroxyl groups is 1. The molecule has 0 spiro atoms. The molecular weight excluding hydrogens is 583 g/mol. The summed E-state index contributed by atoms with van der Waals surface area (Å²) in [5, 5.41) is 20.6. The largest absolute Gasteiger partial charge is 0.507 e. The molecule has 1 saturated heterocycles. The van der Waals surface area contributed by atoms with Gasteiger partial charge in [0.25, 0.3) is 5.78 Å². The van der Waals surface area contributed by atoms with Gasteiger partial charge in [-0.15, -0.1) is 10.2 Å². The normalized spacial score (nSPS) is 19.0. The number of benzene rings is 3. The van der Waals surface area contributed by atoms with Crippen LogP contribution in [0.3, 0.4) is 0 Å². The van der Waals surface area contributed by atoms with Gasteiger partial charge in [0.1, 0.15) is 23.4 Å². The van der Waals surface area contributed by atoms with Gasteiger partial charge in [-0.25, -0.2) is 0 Å². The van der Waals surface area contributed by atoms with Crippen LogP contribution in [-0.2, 0) is 21.8 Å². The zero-order valence-electron chi connectivity index (χ0n) is 23.9. The number of ether oxygens (including phenoxy) is 2. The summed E-state index contributed by atoms with van der Waals surface area (Å²) >= 11 is 2.75. The number of rotatable bonds is 10. The van der Waals surface area contributed by atoms with Gasteiger partial charge in [0.05, 0.1) is 18.2 Å². The summed E-state index contributed by atoms with van der Waals surface area (Å²) in [6.07, 6.45) is 2.61. The first kappa shape index (κ1) is 28.9. The first-order valence-electron chi connectivity index (χ1n) is 14.3. The number of aromatic nitrogens is 2. The molecule has 6 rings (SSSR count). The monoisotopic (exact) mass is 613 g/mol. The molecule has 1 N–H and O–H groups in total. The second kappa shape index (κ2) is 12.6. The maximum atomic E-state index is 13.7. The molecule has 0 unspecified atom stereocenters. The van der Waals surface area contributed by atoms with E-state index in [1.54, 1.807) is 12.1 Å². The maximum Gasteiger partial charge on any atom is 0.301 e. The molecule has 2 atom stereocenters. The molecule has 3 aromatic carbocycles. The molecule has 0 aliphatic carbocycles. The summed E-state index contributed by atoms with van der Waals surface area (Å²) in [6.45, 7) is 4.62. The van der Waals surface area contributed by atoms with Crippen molar-refractivity contribution in [3.05, 3.63) is 101 Å². The van der Waals surface area contributed by atoms with E-state index in [9.17, 15) is 14.7 Å². The van der Waals surface area contributed by atoms with Gasteiger partial charge in [0.2, 0.25) is 5.13 Å². The lowest BCUT2D eigenvalue weighted by Gasteiger charge is -2.23. The average Bonchev–Trinajstić information content (AvgIpc) is 3.71. The summed E-state index contributed by atoms with van der Waals surface area (Å²) in [5.41, 5.74) is 3.15. The zero-order valence-corrected chi connectivity index (χ0v) is 25.5. The van der Waals surface area contributed by atoms with Crippen LogP contribution in [0.1, 0.15) is 55.0 Å². The third-order valence-corrected chi connectivity index (χ3v) is 9.49. The molecule has 4 aromatic rings. The lowest BCUT2D eigenvalue weighted by molar-refractivity contribution is -0.132. The van der Waals surface area contributed by atoms with Crippen molar-refractivity contribution in [2.75, 3.05) is 11.5 Å². The number of amides is 1. The van der Waals surface area contributed by atoms with Gasteiger partial charge >= 0.3 is 5.91 Å². The SMILES string of the molecule is CCCCOc1cccc([C@@H]2C(=C(O)c3ccc4c(c3)C[C@H](C)O4)C(=O)C(=O)N2c2nnc(SCc3ccccc3)s2)c1. The van der Waals surface area contributed by atoms with Crippen molar-refractivity contribution in [1.82, 2.24) is 10.2 Å². The van der Waals surface area contributed by atoms with Crippen LogP contribution >= 0.6 is 23.1 Å². The number of Topliss-reactive ketones (excluding diaryl/α,β-unsaturated/α-hetero) is 1. The summed E-state index contributed by atoms with van der Waals surface area (Å²) in [4.78, 5) is 28.7. The van der Waals surface area contributed by atoms with Crippen LogP contribution < -0.4 is 14.4 Å². The van der Waals surface area contributed by atoms with Crippen LogP contribution in [0, 0.1) is 0 Å².